The zero-order valence-corrected chi connectivity index (χ0v) is 4.11. The Morgan fingerprint density at radius 3 is 2.67 bits per heavy atom. The lowest BCUT2D eigenvalue weighted by Crippen LogP contribution is -2.06. The van der Waals surface area contributed by atoms with Gasteiger partial charge in [-0.1, -0.05) is 0 Å². The number of thiol groups is 1. The van der Waals surface area contributed by atoms with Gasteiger partial charge in [0.25, 0.3) is 0 Å². The predicted octanol–water partition coefficient (Wildman–Crippen LogP) is 0.187. The fourth-order valence-corrected chi connectivity index (χ4v) is 0.196. The van der Waals surface area contributed by atoms with Crippen LogP contribution >= 0.6 is 12.6 Å². The van der Waals surface area contributed by atoms with E-state index in [0.717, 1.165) is 0 Å². The van der Waals surface area contributed by atoms with Crippen molar-refractivity contribution in [1.29, 1.82) is 0 Å². The van der Waals surface area contributed by atoms with Gasteiger partial charge in [0.05, 0.1) is 0 Å². The monoisotopic (exact) mass is 106 g/mol. The van der Waals surface area contributed by atoms with Crippen LogP contribution in [0.4, 0.5) is 0 Å². The van der Waals surface area contributed by atoms with E-state index in [9.17, 15) is 0 Å². The Hall–Kier alpha value is -0.250. The molecule has 0 saturated carbocycles. The molecular weight excluding hydrogens is 100 g/mol. The van der Waals surface area contributed by atoms with E-state index in [1.165, 1.54) is 0 Å². The van der Waals surface area contributed by atoms with Crippen molar-refractivity contribution in [1.82, 2.24) is 5.43 Å². The van der Waals surface area contributed by atoms with Crippen molar-refractivity contribution in [2.45, 2.75) is 0 Å². The highest BCUT2D eigenvalue weighted by molar-refractivity contribution is 7.80. The summed E-state index contributed by atoms with van der Waals surface area (Å²) in [5.74, 6) is 0.645. The molecule has 0 saturated heterocycles. The average molecular weight is 106 g/mol. The van der Waals surface area contributed by atoms with Crippen LogP contribution in [0.5, 0.6) is 0 Å². The molecule has 0 aliphatic carbocycles. The van der Waals surface area contributed by atoms with Crippen LogP contribution in [0, 0.1) is 4.91 Å². The fraction of sp³-hybridized carbons (Fsp3) is 1.00. The molecule has 0 aromatic heterocycles. The van der Waals surface area contributed by atoms with E-state index < -0.39 is 0 Å². The van der Waals surface area contributed by atoms with E-state index >= 15 is 0 Å². The molecule has 4 heteroatoms. The normalized spacial score (nSPS) is 7.50. The summed E-state index contributed by atoms with van der Waals surface area (Å²) in [6, 6.07) is 0. The van der Waals surface area contributed by atoms with Crippen molar-refractivity contribution in [3.8, 4) is 0 Å². The van der Waals surface area contributed by atoms with Crippen LogP contribution in [0.1, 0.15) is 0 Å². The van der Waals surface area contributed by atoms with Gasteiger partial charge in [0.1, 0.15) is 0 Å². The first-order valence-electron chi connectivity index (χ1n) is 1.58. The summed E-state index contributed by atoms with van der Waals surface area (Å²) in [5, 5.41) is 2.38. The van der Waals surface area contributed by atoms with Gasteiger partial charge in [0.2, 0.25) is 0 Å². The molecule has 0 radical (unpaired) electrons. The van der Waals surface area contributed by atoms with Gasteiger partial charge in [0.15, 0.2) is 0 Å². The van der Waals surface area contributed by atoms with Crippen LogP contribution in [-0.2, 0) is 0 Å². The van der Waals surface area contributed by atoms with Crippen molar-refractivity contribution in [3.05, 3.63) is 4.91 Å². The highest BCUT2D eigenvalue weighted by Gasteiger charge is 1.71. The van der Waals surface area contributed by atoms with Gasteiger partial charge in [-0.15, -0.1) is 4.91 Å². The van der Waals surface area contributed by atoms with Crippen LogP contribution in [0.2, 0.25) is 0 Å². The lowest BCUT2D eigenvalue weighted by Gasteiger charge is -1.83. The summed E-state index contributed by atoms with van der Waals surface area (Å²) in [7, 11) is 0. The van der Waals surface area contributed by atoms with Gasteiger partial charge in [-0.2, -0.15) is 12.6 Å². The maximum Gasteiger partial charge on any atom is 0.0496 e. The van der Waals surface area contributed by atoms with E-state index in [0.29, 0.717) is 12.3 Å². The molecule has 1 N–H and O–H groups in total. The maximum absolute atomic E-state index is 9.17. The minimum absolute atomic E-state index is 0.548. The Kier molecular flexibility index (Phi) is 4.55. The molecule has 0 fully saturated rings. The number of hydrogen-bond donors (Lipinski definition) is 2. The number of nitroso groups, excluding NO2 is 1. The molecule has 0 unspecified atom stereocenters. The summed E-state index contributed by atoms with van der Waals surface area (Å²) in [6.07, 6.45) is 0. The van der Waals surface area contributed by atoms with Crippen LogP contribution in [0.25, 0.3) is 0 Å². The minimum atomic E-state index is 0.548. The fourth-order valence-electron chi connectivity index (χ4n) is 0.0956. The highest BCUT2D eigenvalue weighted by atomic mass is 32.1. The SMILES string of the molecule is O=NNCCS. The van der Waals surface area contributed by atoms with Crippen LogP contribution < -0.4 is 5.43 Å². The summed E-state index contributed by atoms with van der Waals surface area (Å²) in [6.45, 7) is 0.548. The van der Waals surface area contributed by atoms with E-state index in [-0.39, 0.29) is 0 Å². The molecule has 0 rings (SSSR count). The van der Waals surface area contributed by atoms with Crippen molar-refractivity contribution in [3.63, 3.8) is 0 Å². The Balaban J connectivity index is 2.49. The lowest BCUT2D eigenvalue weighted by atomic mass is 10.8. The van der Waals surface area contributed by atoms with E-state index in [1.54, 1.807) is 0 Å². The molecular formula is C2H6N2OS. The first-order chi connectivity index (χ1) is 2.91. The average Bonchev–Trinajstić information content (AvgIpc) is 1.61. The Bertz CT molecular complexity index is 40.5. The van der Waals surface area contributed by atoms with Crippen molar-refractivity contribution in [2.24, 2.45) is 5.29 Å². The van der Waals surface area contributed by atoms with Gasteiger partial charge >= 0.3 is 0 Å². The third-order valence-electron chi connectivity index (χ3n) is 0.288. The summed E-state index contributed by atoms with van der Waals surface area (Å²) >= 11 is 3.79. The minimum Gasteiger partial charge on any atom is -0.273 e. The third-order valence-corrected chi connectivity index (χ3v) is 0.512. The molecule has 0 bridgehead atoms. The summed E-state index contributed by atoms with van der Waals surface area (Å²) in [5.41, 5.74) is 2.19. The molecule has 0 heterocycles. The topological polar surface area (TPSA) is 41.5 Å². The van der Waals surface area contributed by atoms with Crippen LogP contribution in [0.3, 0.4) is 0 Å². The first-order valence-corrected chi connectivity index (χ1v) is 2.21. The van der Waals surface area contributed by atoms with Crippen LogP contribution in [0.15, 0.2) is 5.29 Å². The molecule has 0 atom stereocenters. The number of nitrogens with zero attached hydrogens (tertiary/aromatic N) is 1. The first kappa shape index (κ1) is 5.75. The quantitative estimate of drug-likeness (QED) is 0.233. The lowest BCUT2D eigenvalue weighted by molar-refractivity contribution is 0.783. The molecule has 0 amide bonds. The van der Waals surface area contributed by atoms with Gasteiger partial charge in [0, 0.05) is 17.6 Å². The molecule has 0 aromatic rings. The van der Waals surface area contributed by atoms with E-state index in [2.05, 4.69) is 23.3 Å². The maximum atomic E-state index is 9.17. The molecule has 6 heavy (non-hydrogen) atoms. The number of rotatable bonds is 3. The number of nitrogens with one attached hydrogen (secondary N) is 1. The van der Waals surface area contributed by atoms with E-state index in [4.69, 9.17) is 4.91 Å². The zero-order valence-electron chi connectivity index (χ0n) is 3.22. The standard InChI is InChI=1S/C2H6N2OS/c5-4-3-1-2-6/h6H,1-2H2,(H,3,5). The van der Waals surface area contributed by atoms with Gasteiger partial charge < -0.3 is 0 Å². The Morgan fingerprint density at radius 2 is 2.50 bits per heavy atom. The summed E-state index contributed by atoms with van der Waals surface area (Å²) in [4.78, 5) is 9.17. The largest absolute Gasteiger partial charge is 0.273 e. The number of hydrogen-bond acceptors (Lipinski definition) is 3. The van der Waals surface area contributed by atoms with Crippen LogP contribution in [-0.4, -0.2) is 12.3 Å². The third kappa shape index (κ3) is 3.75. The van der Waals surface area contributed by atoms with Crippen molar-refractivity contribution >= 4 is 12.6 Å². The molecule has 36 valence electrons. The Labute approximate surface area is 41.5 Å². The molecule has 0 aromatic carbocycles. The highest BCUT2D eigenvalue weighted by Crippen LogP contribution is 1.65. The van der Waals surface area contributed by atoms with Gasteiger partial charge in [-0.3, -0.25) is 5.43 Å². The second-order valence-corrected chi connectivity index (χ2v) is 1.17. The van der Waals surface area contributed by atoms with Gasteiger partial charge in [-0.25, -0.2) is 0 Å². The molecule has 0 aliphatic rings. The second kappa shape index (κ2) is 4.75. The smallest absolute Gasteiger partial charge is 0.0496 e. The molecule has 0 spiro atoms. The molecule has 0 aliphatic heterocycles. The van der Waals surface area contributed by atoms with Crippen molar-refractivity contribution < 1.29 is 0 Å². The summed E-state index contributed by atoms with van der Waals surface area (Å²) < 4.78 is 0. The molecule has 3 nitrogen and oxygen atoms in total. The van der Waals surface area contributed by atoms with Gasteiger partial charge in [-0.05, 0) is 0 Å². The van der Waals surface area contributed by atoms with E-state index in [1.807, 2.05) is 0 Å². The second-order valence-electron chi connectivity index (χ2n) is 0.723. The zero-order chi connectivity index (χ0) is 4.83. The van der Waals surface area contributed by atoms with Crippen molar-refractivity contribution in [2.75, 3.05) is 12.3 Å². The Morgan fingerprint density at radius 1 is 1.83 bits per heavy atom. The predicted molar refractivity (Wildman–Crippen MR) is 27.7 cm³/mol.